The van der Waals surface area contributed by atoms with Gasteiger partial charge in [-0.2, -0.15) is 0 Å². The van der Waals surface area contributed by atoms with Gasteiger partial charge >= 0.3 is 17.1 Å². The molecule has 0 aliphatic carbocycles. The highest BCUT2D eigenvalue weighted by Crippen LogP contribution is 2.28. The SMILES string of the molecule is C[SiH](O[Si](C)(C)C)O[Si](C)(CCCCC[Si](C)(O[SiH](C)O[Si](C)(C)C)O[Si](C)(C)C)O[Si](C)(C)C. The molecule has 212 valence electrons. The van der Waals surface area contributed by atoms with E-state index in [4.69, 9.17) is 24.7 Å². The Morgan fingerprint density at radius 1 is 0.400 bits per heavy atom. The second-order valence-electron chi connectivity index (χ2n) is 14.1. The van der Waals surface area contributed by atoms with Crippen LogP contribution in [0.4, 0.5) is 0 Å². The molecule has 14 heteroatoms. The Morgan fingerprint density at radius 3 is 0.914 bits per heavy atom. The molecule has 4 unspecified atom stereocenters. The van der Waals surface area contributed by atoms with Crippen LogP contribution in [0.1, 0.15) is 19.3 Å². The molecule has 35 heavy (non-hydrogen) atoms. The Bertz CT molecular complexity index is 565. The molecule has 0 aromatic rings. The largest absolute Gasteiger partial charge is 0.439 e. The van der Waals surface area contributed by atoms with E-state index in [1.807, 2.05) is 0 Å². The summed E-state index contributed by atoms with van der Waals surface area (Å²) in [5.41, 5.74) is 0. The summed E-state index contributed by atoms with van der Waals surface area (Å²) >= 11 is 0. The smallest absolute Gasteiger partial charge is 0.315 e. The van der Waals surface area contributed by atoms with Gasteiger partial charge in [0.15, 0.2) is 33.3 Å². The maximum Gasteiger partial charge on any atom is 0.315 e. The van der Waals surface area contributed by atoms with Crippen LogP contribution in [0.25, 0.3) is 0 Å². The molecule has 0 radical (unpaired) electrons. The average molecular weight is 633 g/mol. The Balaban J connectivity index is 5.08. The zero-order chi connectivity index (χ0) is 27.9. The monoisotopic (exact) mass is 632 g/mol. The van der Waals surface area contributed by atoms with Gasteiger partial charge in [-0.15, -0.1) is 0 Å². The first-order valence-corrected chi connectivity index (χ1v) is 36.3. The Hall–Kier alpha value is 1.50. The molecule has 6 nitrogen and oxygen atoms in total. The lowest BCUT2D eigenvalue weighted by molar-refractivity contribution is 0.340. The van der Waals surface area contributed by atoms with Crippen molar-refractivity contribution in [2.45, 2.75) is 136 Å². The van der Waals surface area contributed by atoms with Crippen LogP contribution >= 0.6 is 0 Å². The summed E-state index contributed by atoms with van der Waals surface area (Å²) in [5.74, 6) is 0. The molecular formula is C21H60O6Si8. The fourth-order valence-corrected chi connectivity index (χ4v) is 34.4. The number of hydrogen-bond donors (Lipinski definition) is 0. The molecule has 0 heterocycles. The number of hydrogen-bond acceptors (Lipinski definition) is 6. The molecule has 0 saturated heterocycles. The van der Waals surface area contributed by atoms with Gasteiger partial charge < -0.3 is 24.7 Å². The molecule has 0 amide bonds. The van der Waals surface area contributed by atoms with E-state index in [0.29, 0.717) is 0 Å². The third-order valence-corrected chi connectivity index (χ3v) is 30.5. The van der Waals surface area contributed by atoms with E-state index >= 15 is 0 Å². The van der Waals surface area contributed by atoms with Crippen molar-refractivity contribution in [3.8, 4) is 0 Å². The van der Waals surface area contributed by atoms with Crippen molar-refractivity contribution in [3.05, 3.63) is 0 Å². The molecule has 0 rings (SSSR count). The maximum absolute atomic E-state index is 6.71. The molecule has 4 atom stereocenters. The molecular weight excluding hydrogens is 573 g/mol. The van der Waals surface area contributed by atoms with E-state index < -0.39 is 69.0 Å². The first-order valence-electron chi connectivity index (χ1n) is 13.4. The minimum Gasteiger partial charge on any atom is -0.439 e. The summed E-state index contributed by atoms with van der Waals surface area (Å²) < 4.78 is 39.4. The van der Waals surface area contributed by atoms with Gasteiger partial charge in [0.05, 0.1) is 0 Å². The van der Waals surface area contributed by atoms with Crippen molar-refractivity contribution in [2.75, 3.05) is 0 Å². The highest BCUT2D eigenvalue weighted by atomic mass is 28.5. The van der Waals surface area contributed by atoms with Gasteiger partial charge in [0, 0.05) is 0 Å². The maximum atomic E-state index is 6.71. The topological polar surface area (TPSA) is 55.4 Å². The van der Waals surface area contributed by atoms with Crippen molar-refractivity contribution < 1.29 is 24.7 Å². The van der Waals surface area contributed by atoms with Crippen LogP contribution in [0.2, 0.25) is 117 Å². The normalized spacial score (nSPS) is 19.2. The van der Waals surface area contributed by atoms with E-state index in [2.05, 4.69) is 105 Å². The van der Waals surface area contributed by atoms with E-state index in [1.165, 1.54) is 0 Å². The first kappa shape index (κ1) is 36.5. The van der Waals surface area contributed by atoms with E-state index in [0.717, 1.165) is 31.4 Å². The van der Waals surface area contributed by atoms with Gasteiger partial charge in [-0.1, -0.05) is 19.3 Å². The quantitative estimate of drug-likeness (QED) is 0.116. The highest BCUT2D eigenvalue weighted by Gasteiger charge is 2.40. The fraction of sp³-hybridized carbons (Fsp3) is 1.00. The third kappa shape index (κ3) is 21.0. The predicted octanol–water partition coefficient (Wildman–Crippen LogP) is 7.44. The van der Waals surface area contributed by atoms with Gasteiger partial charge in [-0.3, -0.25) is 0 Å². The van der Waals surface area contributed by atoms with Crippen LogP contribution in [0.15, 0.2) is 0 Å². The van der Waals surface area contributed by atoms with E-state index in [9.17, 15) is 0 Å². The lowest BCUT2D eigenvalue weighted by atomic mass is 10.3. The second-order valence-corrected chi connectivity index (χ2v) is 44.2. The van der Waals surface area contributed by atoms with Gasteiger partial charge in [-0.25, -0.2) is 0 Å². The summed E-state index contributed by atoms with van der Waals surface area (Å²) in [4.78, 5) is 0. The van der Waals surface area contributed by atoms with Gasteiger partial charge in [0.1, 0.15) is 0 Å². The van der Waals surface area contributed by atoms with Crippen LogP contribution in [-0.4, -0.2) is 69.0 Å². The van der Waals surface area contributed by atoms with Crippen molar-refractivity contribution in [1.29, 1.82) is 0 Å². The van der Waals surface area contributed by atoms with Crippen molar-refractivity contribution in [2.24, 2.45) is 0 Å². The van der Waals surface area contributed by atoms with E-state index in [1.54, 1.807) is 0 Å². The standard InChI is InChI=1S/C21H60O6Si8/c1-28(22-30(3,4)5)24-34(15,26-32(9,10)11)20-18-17-19-21-35(16,27-33(12,13)14)25-29(2)23-31(6,7)8/h28-29H,17-21H2,1-16H3. The van der Waals surface area contributed by atoms with Crippen molar-refractivity contribution >= 4 is 69.0 Å². The van der Waals surface area contributed by atoms with Crippen LogP contribution < -0.4 is 0 Å². The van der Waals surface area contributed by atoms with E-state index in [-0.39, 0.29) is 0 Å². The summed E-state index contributed by atoms with van der Waals surface area (Å²) in [7, 11) is -14.5. The lowest BCUT2D eigenvalue weighted by Crippen LogP contribution is -2.52. The van der Waals surface area contributed by atoms with Crippen LogP contribution in [0.5, 0.6) is 0 Å². The zero-order valence-corrected chi connectivity index (χ0v) is 34.4. The fourth-order valence-electron chi connectivity index (χ4n) is 4.38. The first-order chi connectivity index (χ1) is 15.3. The van der Waals surface area contributed by atoms with Crippen LogP contribution in [-0.2, 0) is 24.7 Å². The second kappa shape index (κ2) is 14.2. The number of unbranched alkanes of at least 4 members (excludes halogenated alkanes) is 2. The summed E-state index contributed by atoms with van der Waals surface area (Å²) in [6.45, 7) is 35.9. The molecule has 0 saturated carbocycles. The average Bonchev–Trinajstić information content (AvgIpc) is 2.45. The lowest BCUT2D eigenvalue weighted by Gasteiger charge is -2.38. The number of rotatable bonds is 18. The molecule has 0 aliphatic rings. The Kier molecular flexibility index (Phi) is 14.8. The molecule has 0 bridgehead atoms. The molecule has 0 fully saturated rings. The Morgan fingerprint density at radius 2 is 0.686 bits per heavy atom. The van der Waals surface area contributed by atoms with Gasteiger partial charge in [-0.05, 0) is 117 Å². The molecule has 0 N–H and O–H groups in total. The van der Waals surface area contributed by atoms with Crippen LogP contribution in [0.3, 0.4) is 0 Å². The molecule has 0 aromatic heterocycles. The third-order valence-electron chi connectivity index (χ3n) is 4.68. The van der Waals surface area contributed by atoms with Crippen LogP contribution in [0, 0.1) is 0 Å². The summed E-state index contributed by atoms with van der Waals surface area (Å²) in [5, 5.41) is 0. The van der Waals surface area contributed by atoms with Crippen molar-refractivity contribution in [3.63, 3.8) is 0 Å². The van der Waals surface area contributed by atoms with Gasteiger partial charge in [0.2, 0.25) is 0 Å². The molecule has 0 aliphatic heterocycles. The Labute approximate surface area is 228 Å². The minimum atomic E-state index is -2.27. The summed E-state index contributed by atoms with van der Waals surface area (Å²) in [6, 6.07) is 2.06. The minimum absolute atomic E-state index is 1.03. The molecule has 0 spiro atoms. The van der Waals surface area contributed by atoms with Gasteiger partial charge in [0.25, 0.3) is 18.6 Å². The summed E-state index contributed by atoms with van der Waals surface area (Å²) in [6.07, 6.45) is 3.39. The molecule has 0 aromatic carbocycles. The van der Waals surface area contributed by atoms with Crippen molar-refractivity contribution in [1.82, 2.24) is 0 Å². The highest BCUT2D eigenvalue weighted by molar-refractivity contribution is 6.86. The predicted molar refractivity (Wildman–Crippen MR) is 173 cm³/mol. The zero-order valence-electron chi connectivity index (χ0n) is 26.1.